The highest BCUT2D eigenvalue weighted by molar-refractivity contribution is 5.46. The van der Waals surface area contributed by atoms with E-state index >= 15 is 0 Å². The molecule has 3 fully saturated rings. The molecular weight excluding hydrogens is 506 g/mol. The third-order valence-corrected chi connectivity index (χ3v) is 11.2. The van der Waals surface area contributed by atoms with E-state index in [-0.39, 0.29) is 10.8 Å². The molecule has 42 heavy (non-hydrogen) atoms. The Bertz CT molecular complexity index is 1300. The minimum absolute atomic E-state index is 0.159. The number of hydrogen-bond acceptors (Lipinski definition) is 1. The van der Waals surface area contributed by atoms with E-state index in [0.717, 1.165) is 6.54 Å². The zero-order valence-corrected chi connectivity index (χ0v) is 25.2. The van der Waals surface area contributed by atoms with Crippen molar-refractivity contribution in [3.05, 3.63) is 143 Å². The summed E-state index contributed by atoms with van der Waals surface area (Å²) in [5, 5.41) is 3.88. The van der Waals surface area contributed by atoms with Gasteiger partial charge >= 0.3 is 0 Å². The quantitative estimate of drug-likeness (QED) is 0.240. The van der Waals surface area contributed by atoms with Crippen LogP contribution in [0, 0.1) is 0 Å². The Hall–Kier alpha value is -3.16. The third-order valence-electron chi connectivity index (χ3n) is 11.2. The fraction of sp³-hybridized carbons (Fsp3) is 0.415. The van der Waals surface area contributed by atoms with Crippen molar-refractivity contribution in [1.29, 1.82) is 0 Å². The predicted molar refractivity (Wildman–Crippen MR) is 176 cm³/mol. The van der Waals surface area contributed by atoms with E-state index in [2.05, 4.69) is 115 Å². The largest absolute Gasteiger partial charge is 0.313 e. The molecule has 0 amide bonds. The summed E-state index contributed by atoms with van der Waals surface area (Å²) in [6.45, 7) is 1.13. The van der Waals surface area contributed by atoms with Crippen molar-refractivity contribution >= 4 is 0 Å². The first-order valence-corrected chi connectivity index (χ1v) is 16.8. The van der Waals surface area contributed by atoms with Gasteiger partial charge in [0.15, 0.2) is 0 Å². The van der Waals surface area contributed by atoms with E-state index in [4.69, 9.17) is 0 Å². The number of benzene rings is 4. The first-order valence-electron chi connectivity index (χ1n) is 16.8. The molecule has 2 aliphatic carbocycles. The maximum absolute atomic E-state index is 3.88. The molecule has 216 valence electrons. The fourth-order valence-electron chi connectivity index (χ4n) is 8.99. The van der Waals surface area contributed by atoms with Crippen LogP contribution in [0.4, 0.5) is 0 Å². The summed E-state index contributed by atoms with van der Waals surface area (Å²) in [6, 6.07) is 43.0. The monoisotopic (exact) mass is 553 g/mol. The van der Waals surface area contributed by atoms with E-state index < -0.39 is 0 Å². The van der Waals surface area contributed by atoms with Gasteiger partial charge in [-0.15, -0.1) is 0 Å². The molecule has 4 aromatic rings. The molecule has 1 N–H and O–H groups in total. The molecule has 0 aromatic heterocycles. The van der Waals surface area contributed by atoms with Crippen molar-refractivity contribution in [2.75, 3.05) is 6.54 Å². The molecule has 3 aliphatic rings. The van der Waals surface area contributed by atoms with Gasteiger partial charge in [0.2, 0.25) is 0 Å². The van der Waals surface area contributed by atoms with Crippen LogP contribution >= 0.6 is 0 Å². The average molecular weight is 554 g/mol. The summed E-state index contributed by atoms with van der Waals surface area (Å²) >= 11 is 0. The zero-order valence-electron chi connectivity index (χ0n) is 25.2. The van der Waals surface area contributed by atoms with E-state index in [9.17, 15) is 0 Å². The van der Waals surface area contributed by atoms with E-state index in [1.165, 1.54) is 110 Å². The highest BCUT2D eigenvalue weighted by Gasteiger charge is 2.37. The van der Waals surface area contributed by atoms with Crippen molar-refractivity contribution in [2.45, 2.75) is 99.8 Å². The molecule has 0 radical (unpaired) electrons. The van der Waals surface area contributed by atoms with E-state index in [0.29, 0.717) is 12.0 Å². The molecule has 1 heterocycles. The smallest absolute Gasteiger partial charge is 0.0243 e. The van der Waals surface area contributed by atoms with Crippen LogP contribution in [0.5, 0.6) is 0 Å². The van der Waals surface area contributed by atoms with Crippen LogP contribution in [0.15, 0.2) is 109 Å². The summed E-state index contributed by atoms with van der Waals surface area (Å²) in [5.41, 5.74) is 9.24. The summed E-state index contributed by atoms with van der Waals surface area (Å²) < 4.78 is 0. The van der Waals surface area contributed by atoms with Gasteiger partial charge in [0.1, 0.15) is 0 Å². The van der Waals surface area contributed by atoms with Crippen LogP contribution in [-0.4, -0.2) is 12.6 Å². The number of rotatable bonds is 7. The summed E-state index contributed by atoms with van der Waals surface area (Å²) in [7, 11) is 0. The molecule has 1 atom stereocenters. The molecule has 7 rings (SSSR count). The molecule has 2 saturated carbocycles. The van der Waals surface area contributed by atoms with Gasteiger partial charge in [-0.3, -0.25) is 0 Å². The standard InChI is InChI=1S/C41H47N/c1-5-14-34(15-6-1)40(27-9-3-10-28-40)36-23-19-32(20-24-36)39(38-18-13-31-42-38)33-21-25-37(26-22-33)41(29-11-4-12-30-41)35-16-7-2-8-17-35/h1-2,5-8,14-17,19-26,38-39,42H,3-4,9-13,18,27-31H2. The lowest BCUT2D eigenvalue weighted by molar-refractivity contribution is 0.346. The lowest BCUT2D eigenvalue weighted by atomic mass is 9.65. The zero-order chi connectivity index (χ0) is 28.2. The van der Waals surface area contributed by atoms with Crippen molar-refractivity contribution < 1.29 is 0 Å². The lowest BCUT2D eigenvalue weighted by Gasteiger charge is -2.39. The fourth-order valence-corrected chi connectivity index (χ4v) is 8.99. The molecule has 1 nitrogen and oxygen atoms in total. The first kappa shape index (κ1) is 27.7. The van der Waals surface area contributed by atoms with Crippen LogP contribution in [0.25, 0.3) is 0 Å². The van der Waals surface area contributed by atoms with Gasteiger partial charge in [-0.25, -0.2) is 0 Å². The SMILES string of the molecule is c1ccc(C2(c3ccc(C(c4ccc(C5(c6ccccc6)CCCCC5)cc4)C4CCCN4)cc3)CCCCC2)cc1. The van der Waals surface area contributed by atoms with Crippen LogP contribution in [0.2, 0.25) is 0 Å². The molecule has 0 bridgehead atoms. The second-order valence-electron chi connectivity index (χ2n) is 13.4. The maximum Gasteiger partial charge on any atom is 0.0243 e. The highest BCUT2D eigenvalue weighted by Crippen LogP contribution is 2.47. The van der Waals surface area contributed by atoms with Crippen LogP contribution in [0.1, 0.15) is 116 Å². The Morgan fingerprint density at radius 2 is 0.857 bits per heavy atom. The summed E-state index contributed by atoms with van der Waals surface area (Å²) in [4.78, 5) is 0. The van der Waals surface area contributed by atoms with Gasteiger partial charge in [0.05, 0.1) is 0 Å². The van der Waals surface area contributed by atoms with Crippen molar-refractivity contribution in [3.63, 3.8) is 0 Å². The van der Waals surface area contributed by atoms with Crippen molar-refractivity contribution in [2.24, 2.45) is 0 Å². The van der Waals surface area contributed by atoms with Crippen LogP contribution in [-0.2, 0) is 10.8 Å². The predicted octanol–water partition coefficient (Wildman–Crippen LogP) is 10.1. The Morgan fingerprint density at radius 3 is 1.24 bits per heavy atom. The first-order chi connectivity index (χ1) is 20.8. The van der Waals surface area contributed by atoms with Crippen LogP contribution in [0.3, 0.4) is 0 Å². The summed E-state index contributed by atoms with van der Waals surface area (Å²) in [6.07, 6.45) is 15.6. The molecule has 1 unspecified atom stereocenters. The molecule has 1 heteroatoms. The molecule has 0 spiro atoms. The minimum atomic E-state index is 0.159. The molecule has 4 aromatic carbocycles. The van der Waals surface area contributed by atoms with Gasteiger partial charge in [-0.1, -0.05) is 148 Å². The molecule has 1 aliphatic heterocycles. The topological polar surface area (TPSA) is 12.0 Å². The lowest BCUT2D eigenvalue weighted by Crippen LogP contribution is -2.32. The Labute approximate surface area is 253 Å². The van der Waals surface area contributed by atoms with Crippen molar-refractivity contribution in [3.8, 4) is 0 Å². The van der Waals surface area contributed by atoms with Gasteiger partial charge in [0, 0.05) is 22.8 Å². The minimum Gasteiger partial charge on any atom is -0.313 e. The maximum atomic E-state index is 3.88. The Balaban J connectivity index is 1.22. The van der Waals surface area contributed by atoms with Gasteiger partial charge in [0.25, 0.3) is 0 Å². The van der Waals surface area contributed by atoms with E-state index in [1.807, 2.05) is 0 Å². The van der Waals surface area contributed by atoms with Gasteiger partial charge in [-0.05, 0) is 78.5 Å². The average Bonchev–Trinajstić information content (AvgIpc) is 3.61. The van der Waals surface area contributed by atoms with Gasteiger partial charge in [-0.2, -0.15) is 0 Å². The Morgan fingerprint density at radius 1 is 0.452 bits per heavy atom. The highest BCUT2D eigenvalue weighted by atomic mass is 14.9. The third kappa shape index (κ3) is 5.15. The van der Waals surface area contributed by atoms with E-state index in [1.54, 1.807) is 0 Å². The number of hydrogen-bond donors (Lipinski definition) is 1. The second-order valence-corrected chi connectivity index (χ2v) is 13.4. The normalized spacial score (nSPS) is 21.8. The van der Waals surface area contributed by atoms with Gasteiger partial charge < -0.3 is 5.32 Å². The molecule has 1 saturated heterocycles. The van der Waals surface area contributed by atoms with Crippen molar-refractivity contribution in [1.82, 2.24) is 5.32 Å². The number of nitrogens with one attached hydrogen (secondary N) is 1. The second kappa shape index (κ2) is 12.2. The van der Waals surface area contributed by atoms with Crippen LogP contribution < -0.4 is 5.32 Å². The molecular formula is C41H47N. The summed E-state index contributed by atoms with van der Waals surface area (Å²) in [5.74, 6) is 0.383. The Kier molecular flexibility index (Phi) is 8.04.